The second-order valence-corrected chi connectivity index (χ2v) is 7.29. The van der Waals surface area contributed by atoms with Crippen molar-refractivity contribution in [2.45, 2.75) is 26.6 Å². The second-order valence-electron chi connectivity index (χ2n) is 7.29. The number of carbonyl (C=O) groups is 1. The maximum Gasteiger partial charge on any atom is 0.416 e. The third-order valence-corrected chi connectivity index (χ3v) is 5.00. The van der Waals surface area contributed by atoms with E-state index in [2.05, 4.69) is 15.4 Å². The number of halogens is 3. The molecule has 0 bridgehead atoms. The lowest BCUT2D eigenvalue weighted by molar-refractivity contribution is -0.137. The van der Waals surface area contributed by atoms with E-state index in [0.29, 0.717) is 5.75 Å². The van der Waals surface area contributed by atoms with E-state index < -0.39 is 29.9 Å². The smallest absolute Gasteiger partial charge is 0.416 e. The van der Waals surface area contributed by atoms with Crippen LogP contribution in [0.25, 0.3) is 5.65 Å². The number of nitrogens with one attached hydrogen (secondary N) is 1. The Hall–Kier alpha value is -4.15. The highest BCUT2D eigenvalue weighted by Gasteiger charge is 2.30. The molecule has 1 N–H and O–H groups in total. The zero-order valence-corrected chi connectivity index (χ0v) is 17.6. The fraction of sp³-hybridized carbons (Fsp3) is 0.182. The van der Waals surface area contributed by atoms with Crippen molar-refractivity contribution >= 4 is 17.2 Å². The quantitative estimate of drug-likeness (QED) is 0.490. The maximum atomic E-state index is 12.9. The van der Waals surface area contributed by atoms with Crippen molar-refractivity contribution in [3.63, 3.8) is 0 Å². The number of rotatable bonds is 5. The Bertz CT molecular complexity index is 1410. The summed E-state index contributed by atoms with van der Waals surface area (Å²) in [6.07, 6.45) is -1.80. The summed E-state index contributed by atoms with van der Waals surface area (Å²) in [5, 5.41) is 6.49. The van der Waals surface area contributed by atoms with Crippen molar-refractivity contribution < 1.29 is 22.7 Å². The minimum atomic E-state index is -4.54. The standard InChI is InChI=1S/C22H18F3N5O3/c1-13-5-3-8-17(14(13)2)33-20-19-28-30(21(32)29(19)10-9-26-20)12-18(31)27-16-7-4-6-15(11-16)22(23,24)25/h3-11H,12H2,1-2H3,(H,27,31). The van der Waals surface area contributed by atoms with Crippen LogP contribution in [0.4, 0.5) is 18.9 Å². The van der Waals surface area contributed by atoms with Crippen molar-refractivity contribution in [2.75, 3.05) is 5.32 Å². The maximum absolute atomic E-state index is 12.9. The van der Waals surface area contributed by atoms with E-state index in [4.69, 9.17) is 4.74 Å². The number of alkyl halides is 3. The van der Waals surface area contributed by atoms with Gasteiger partial charge in [0.1, 0.15) is 12.3 Å². The van der Waals surface area contributed by atoms with Crippen molar-refractivity contribution in [1.29, 1.82) is 0 Å². The lowest BCUT2D eigenvalue weighted by Crippen LogP contribution is -2.28. The highest BCUT2D eigenvalue weighted by Crippen LogP contribution is 2.30. The molecular weight excluding hydrogens is 439 g/mol. The number of amides is 1. The van der Waals surface area contributed by atoms with E-state index in [1.807, 2.05) is 26.0 Å². The van der Waals surface area contributed by atoms with Crippen LogP contribution in [0.5, 0.6) is 11.6 Å². The van der Waals surface area contributed by atoms with E-state index >= 15 is 0 Å². The van der Waals surface area contributed by atoms with Gasteiger partial charge < -0.3 is 10.1 Å². The number of hydrogen-bond donors (Lipinski definition) is 1. The minimum Gasteiger partial charge on any atom is -0.436 e. The van der Waals surface area contributed by atoms with Crippen LogP contribution in [-0.2, 0) is 17.5 Å². The summed E-state index contributed by atoms with van der Waals surface area (Å²) in [7, 11) is 0. The van der Waals surface area contributed by atoms with Gasteiger partial charge in [-0.15, -0.1) is 5.10 Å². The van der Waals surface area contributed by atoms with Gasteiger partial charge in [0.25, 0.3) is 5.88 Å². The Morgan fingerprint density at radius 3 is 2.67 bits per heavy atom. The Morgan fingerprint density at radius 1 is 1.15 bits per heavy atom. The zero-order valence-electron chi connectivity index (χ0n) is 17.6. The van der Waals surface area contributed by atoms with Crippen LogP contribution in [0.1, 0.15) is 16.7 Å². The van der Waals surface area contributed by atoms with E-state index in [-0.39, 0.29) is 17.2 Å². The molecular formula is C22H18F3N5O3. The molecule has 0 aliphatic rings. The van der Waals surface area contributed by atoms with Gasteiger partial charge in [-0.05, 0) is 49.2 Å². The van der Waals surface area contributed by atoms with Crippen LogP contribution >= 0.6 is 0 Å². The van der Waals surface area contributed by atoms with Gasteiger partial charge >= 0.3 is 11.9 Å². The lowest BCUT2D eigenvalue weighted by atomic mass is 10.1. The molecule has 0 unspecified atom stereocenters. The minimum absolute atomic E-state index is 0.0488. The highest BCUT2D eigenvalue weighted by atomic mass is 19.4. The van der Waals surface area contributed by atoms with E-state index in [0.717, 1.165) is 27.9 Å². The number of hydrogen-bond acceptors (Lipinski definition) is 5. The Kier molecular flexibility index (Phi) is 5.62. The summed E-state index contributed by atoms with van der Waals surface area (Å²) in [5.74, 6) is -0.106. The molecule has 11 heteroatoms. The molecule has 0 saturated heterocycles. The molecule has 8 nitrogen and oxygen atoms in total. The first-order valence-corrected chi connectivity index (χ1v) is 9.79. The monoisotopic (exact) mass is 457 g/mol. The molecule has 0 spiro atoms. The van der Waals surface area contributed by atoms with E-state index in [1.165, 1.54) is 28.9 Å². The van der Waals surface area contributed by atoms with Crippen LogP contribution in [0.15, 0.2) is 59.7 Å². The Balaban J connectivity index is 1.59. The van der Waals surface area contributed by atoms with Gasteiger partial charge in [0.2, 0.25) is 11.6 Å². The SMILES string of the molecule is Cc1cccc(Oc2nccn3c(=O)n(CC(=O)Nc4cccc(C(F)(F)F)c4)nc23)c1C. The molecule has 33 heavy (non-hydrogen) atoms. The average Bonchev–Trinajstić information content (AvgIpc) is 3.07. The Labute approximate surface area is 185 Å². The van der Waals surface area contributed by atoms with Gasteiger partial charge in [-0.25, -0.2) is 18.9 Å². The number of nitrogens with zero attached hydrogens (tertiary/aromatic N) is 4. The number of carbonyl (C=O) groups excluding carboxylic acids is 1. The van der Waals surface area contributed by atoms with Crippen LogP contribution in [0.3, 0.4) is 0 Å². The highest BCUT2D eigenvalue weighted by molar-refractivity contribution is 5.90. The van der Waals surface area contributed by atoms with Gasteiger partial charge in [-0.1, -0.05) is 18.2 Å². The molecule has 0 saturated carbocycles. The molecule has 4 aromatic rings. The summed E-state index contributed by atoms with van der Waals surface area (Å²) in [5.41, 5.74) is 0.418. The normalized spacial score (nSPS) is 11.5. The van der Waals surface area contributed by atoms with Crippen molar-refractivity contribution in [3.8, 4) is 11.6 Å². The summed E-state index contributed by atoms with van der Waals surface area (Å²) in [6.45, 7) is 3.30. The summed E-state index contributed by atoms with van der Waals surface area (Å²) in [4.78, 5) is 29.2. The topological polar surface area (TPSA) is 90.5 Å². The predicted octanol–water partition coefficient (Wildman–Crippen LogP) is 3.96. The average molecular weight is 457 g/mol. The van der Waals surface area contributed by atoms with E-state index in [9.17, 15) is 22.8 Å². The van der Waals surface area contributed by atoms with Gasteiger partial charge in [-0.3, -0.25) is 4.79 Å². The largest absolute Gasteiger partial charge is 0.436 e. The number of aromatic nitrogens is 4. The molecule has 0 atom stereocenters. The number of anilines is 1. The first-order valence-electron chi connectivity index (χ1n) is 9.79. The molecule has 0 radical (unpaired) electrons. The molecule has 1 amide bonds. The first kappa shape index (κ1) is 22.1. The molecule has 0 fully saturated rings. The van der Waals surface area contributed by atoms with Crippen molar-refractivity contribution in [3.05, 3.63) is 82.0 Å². The first-order chi connectivity index (χ1) is 15.6. The molecule has 170 valence electrons. The predicted molar refractivity (Wildman–Crippen MR) is 113 cm³/mol. The number of benzene rings is 2. The molecule has 4 rings (SSSR count). The second kappa shape index (κ2) is 8.41. The van der Waals surface area contributed by atoms with E-state index in [1.54, 1.807) is 6.07 Å². The fourth-order valence-electron chi connectivity index (χ4n) is 3.15. The fourth-order valence-corrected chi connectivity index (χ4v) is 3.15. The Morgan fingerprint density at radius 2 is 1.91 bits per heavy atom. The van der Waals surface area contributed by atoms with Crippen LogP contribution < -0.4 is 15.7 Å². The number of ether oxygens (including phenoxy) is 1. The summed E-state index contributed by atoms with van der Waals surface area (Å²) < 4.78 is 46.5. The summed E-state index contributed by atoms with van der Waals surface area (Å²) in [6, 6.07) is 9.71. The zero-order chi connectivity index (χ0) is 23.8. The summed E-state index contributed by atoms with van der Waals surface area (Å²) >= 11 is 0. The molecule has 2 aromatic heterocycles. The molecule has 2 aromatic carbocycles. The molecule has 0 aliphatic carbocycles. The van der Waals surface area contributed by atoms with Gasteiger partial charge in [0, 0.05) is 18.1 Å². The van der Waals surface area contributed by atoms with Crippen LogP contribution in [-0.4, -0.2) is 25.1 Å². The third-order valence-electron chi connectivity index (χ3n) is 5.00. The van der Waals surface area contributed by atoms with Crippen molar-refractivity contribution in [1.82, 2.24) is 19.2 Å². The van der Waals surface area contributed by atoms with Gasteiger partial charge in [0.15, 0.2) is 0 Å². The molecule has 2 heterocycles. The van der Waals surface area contributed by atoms with Crippen molar-refractivity contribution in [2.24, 2.45) is 0 Å². The lowest BCUT2D eigenvalue weighted by Gasteiger charge is -2.09. The van der Waals surface area contributed by atoms with Gasteiger partial charge in [0.05, 0.1) is 5.56 Å². The molecule has 0 aliphatic heterocycles. The van der Waals surface area contributed by atoms with Gasteiger partial charge in [-0.2, -0.15) is 13.2 Å². The van der Waals surface area contributed by atoms with Crippen LogP contribution in [0.2, 0.25) is 0 Å². The number of aryl methyl sites for hydroxylation is 1. The van der Waals surface area contributed by atoms with Crippen LogP contribution in [0, 0.1) is 13.8 Å². The number of fused-ring (bicyclic) bond motifs is 1. The third kappa shape index (κ3) is 4.56.